The number of Topliss-reactive ketones (excluding diaryl/α,β-unsaturated/α-hetero) is 1. The highest BCUT2D eigenvalue weighted by Crippen LogP contribution is 2.51. The van der Waals surface area contributed by atoms with Crippen molar-refractivity contribution in [3.8, 4) is 0 Å². The van der Waals surface area contributed by atoms with Gasteiger partial charge in [-0.25, -0.2) is 4.52 Å². The van der Waals surface area contributed by atoms with Crippen LogP contribution >= 0.6 is 11.6 Å². The minimum atomic E-state index is -4.67. The van der Waals surface area contributed by atoms with Gasteiger partial charge >= 0.3 is 6.18 Å². The Kier molecular flexibility index (Phi) is 4.41. The van der Waals surface area contributed by atoms with Crippen LogP contribution in [0.25, 0.3) is 5.52 Å². The van der Waals surface area contributed by atoms with E-state index < -0.39 is 23.8 Å². The van der Waals surface area contributed by atoms with Crippen LogP contribution in [-0.2, 0) is 15.8 Å². The minimum absolute atomic E-state index is 0.0254. The van der Waals surface area contributed by atoms with Crippen LogP contribution < -0.4 is 0 Å². The number of pyridine rings is 1. The van der Waals surface area contributed by atoms with Crippen LogP contribution in [0.2, 0.25) is 5.02 Å². The van der Waals surface area contributed by atoms with E-state index in [1.165, 1.54) is 9.80 Å². The molecule has 0 aromatic carbocycles. The molecule has 33 heavy (non-hydrogen) atoms. The summed E-state index contributed by atoms with van der Waals surface area (Å²) in [5.41, 5.74) is -0.743. The number of piperazine rings is 1. The Balaban J connectivity index is 1.28. The zero-order chi connectivity index (χ0) is 23.2. The molecular formula is C22H20ClF3N4O3. The fourth-order valence-electron chi connectivity index (χ4n) is 5.26. The fourth-order valence-corrected chi connectivity index (χ4v) is 5.51. The van der Waals surface area contributed by atoms with Gasteiger partial charge in [-0.3, -0.25) is 14.4 Å². The number of ketones is 1. The number of rotatable bonds is 3. The first-order chi connectivity index (χ1) is 15.6. The van der Waals surface area contributed by atoms with Gasteiger partial charge in [0.25, 0.3) is 5.91 Å². The Morgan fingerprint density at radius 2 is 1.88 bits per heavy atom. The van der Waals surface area contributed by atoms with Gasteiger partial charge in [-0.2, -0.15) is 18.3 Å². The average molecular weight is 481 g/mol. The van der Waals surface area contributed by atoms with Gasteiger partial charge in [-0.15, -0.1) is 0 Å². The largest absolute Gasteiger partial charge is 0.433 e. The number of fused-ring (bicyclic) bond motifs is 2. The van der Waals surface area contributed by atoms with Gasteiger partial charge in [0.15, 0.2) is 11.5 Å². The molecule has 11 heteroatoms. The van der Waals surface area contributed by atoms with Crippen molar-refractivity contribution in [2.75, 3.05) is 19.6 Å². The molecule has 0 spiro atoms. The lowest BCUT2D eigenvalue weighted by molar-refractivity contribution is -0.142. The van der Waals surface area contributed by atoms with Crippen LogP contribution in [0.1, 0.15) is 53.3 Å². The molecule has 1 aliphatic heterocycles. The molecule has 3 aliphatic carbocycles. The molecule has 3 saturated carbocycles. The van der Waals surface area contributed by atoms with Gasteiger partial charge in [-0.05, 0) is 55.2 Å². The van der Waals surface area contributed by atoms with Crippen molar-refractivity contribution in [2.45, 2.75) is 43.8 Å². The van der Waals surface area contributed by atoms with Crippen molar-refractivity contribution in [2.24, 2.45) is 11.8 Å². The summed E-state index contributed by atoms with van der Waals surface area (Å²) in [7, 11) is 0. The molecular weight excluding hydrogens is 461 g/mol. The second kappa shape index (κ2) is 6.94. The number of carbonyl (C=O) groups is 3. The molecule has 4 aliphatic rings. The maximum atomic E-state index is 13.7. The molecule has 0 bridgehead atoms. The summed E-state index contributed by atoms with van der Waals surface area (Å²) < 4.78 is 41.8. The zero-order valence-electron chi connectivity index (χ0n) is 17.4. The Morgan fingerprint density at radius 1 is 1.12 bits per heavy atom. The fraction of sp³-hybridized carbons (Fsp3) is 0.545. The molecule has 4 fully saturated rings. The summed E-state index contributed by atoms with van der Waals surface area (Å²) in [6.07, 6.45) is -1.48. The highest BCUT2D eigenvalue weighted by atomic mass is 35.5. The molecule has 0 radical (unpaired) electrons. The number of halogens is 4. The quantitative estimate of drug-likeness (QED) is 0.676. The van der Waals surface area contributed by atoms with E-state index in [9.17, 15) is 27.6 Å². The van der Waals surface area contributed by atoms with Gasteiger partial charge in [0.2, 0.25) is 5.91 Å². The van der Waals surface area contributed by atoms with Crippen LogP contribution in [0.4, 0.5) is 13.2 Å². The highest BCUT2D eigenvalue weighted by molar-refractivity contribution is 6.36. The number of hydrogen-bond donors (Lipinski definition) is 0. The van der Waals surface area contributed by atoms with Crippen LogP contribution in [-0.4, -0.2) is 62.7 Å². The number of carbonyl (C=O) groups excluding carboxylic acids is 3. The van der Waals surface area contributed by atoms with E-state index in [-0.39, 0.29) is 59.4 Å². The standard InChI is InChI=1S/C22H20ClF3N4O3/c23-18-14-6-11(10-1-2-10)8-16(22(24,25)26)30(14)27-19(18)21(33)28-3-4-29(17(31)9-28)15-7-12-5-13(12)20(15)32/h6,8,10,12-13,15H,1-5,7,9H2. The SMILES string of the molecule is O=C1C2CC2CC1N1CCN(C(=O)c2nn3c(C(F)(F)F)cc(C4CC4)cc3c2Cl)CC1=O. The van der Waals surface area contributed by atoms with E-state index in [4.69, 9.17) is 11.6 Å². The van der Waals surface area contributed by atoms with Crippen molar-refractivity contribution in [3.05, 3.63) is 34.1 Å². The Hall–Kier alpha value is -2.62. The van der Waals surface area contributed by atoms with Crippen molar-refractivity contribution >= 4 is 34.7 Å². The van der Waals surface area contributed by atoms with E-state index in [2.05, 4.69) is 5.10 Å². The Morgan fingerprint density at radius 3 is 2.48 bits per heavy atom. The number of amides is 2. The smallest absolute Gasteiger partial charge is 0.329 e. The molecule has 3 atom stereocenters. The van der Waals surface area contributed by atoms with Crippen LogP contribution in [0.5, 0.6) is 0 Å². The predicted octanol–water partition coefficient (Wildman–Crippen LogP) is 3.15. The third kappa shape index (κ3) is 3.33. The summed E-state index contributed by atoms with van der Waals surface area (Å²) in [4.78, 5) is 41.0. The van der Waals surface area contributed by atoms with Gasteiger partial charge in [0, 0.05) is 19.0 Å². The van der Waals surface area contributed by atoms with E-state index in [1.54, 1.807) is 6.07 Å². The van der Waals surface area contributed by atoms with Gasteiger partial charge in [-0.1, -0.05) is 11.6 Å². The topological polar surface area (TPSA) is 75.0 Å². The highest BCUT2D eigenvalue weighted by Gasteiger charge is 2.55. The summed E-state index contributed by atoms with van der Waals surface area (Å²) in [5, 5.41) is 3.76. The molecule has 1 saturated heterocycles. The summed E-state index contributed by atoms with van der Waals surface area (Å²) >= 11 is 6.36. The molecule has 7 nitrogen and oxygen atoms in total. The lowest BCUT2D eigenvalue weighted by atomic mass is 10.1. The summed E-state index contributed by atoms with van der Waals surface area (Å²) in [6.45, 7) is 0.0972. The zero-order valence-corrected chi connectivity index (χ0v) is 18.2. The first-order valence-electron chi connectivity index (χ1n) is 11.1. The lowest BCUT2D eigenvalue weighted by Gasteiger charge is -2.37. The first-order valence-corrected chi connectivity index (χ1v) is 11.4. The number of aromatic nitrogens is 2. The molecule has 3 heterocycles. The second-order valence-electron chi connectivity index (χ2n) is 9.48. The summed E-state index contributed by atoms with van der Waals surface area (Å²) in [5.74, 6) is -0.448. The normalized spacial score (nSPS) is 27.5. The molecule has 3 unspecified atom stereocenters. The second-order valence-corrected chi connectivity index (χ2v) is 9.85. The maximum absolute atomic E-state index is 13.7. The Labute approximate surface area is 191 Å². The van der Waals surface area contributed by atoms with Crippen molar-refractivity contribution in [1.82, 2.24) is 19.4 Å². The van der Waals surface area contributed by atoms with Crippen LogP contribution in [0, 0.1) is 11.8 Å². The molecule has 2 amide bonds. The third-order valence-corrected chi connectivity index (χ3v) is 7.67. The Bertz CT molecular complexity index is 1220. The molecule has 174 valence electrons. The van der Waals surface area contributed by atoms with Crippen LogP contribution in [0.3, 0.4) is 0 Å². The van der Waals surface area contributed by atoms with E-state index in [0.717, 1.165) is 25.3 Å². The number of alkyl halides is 3. The molecule has 2 aromatic heterocycles. The van der Waals surface area contributed by atoms with E-state index in [1.807, 2.05) is 0 Å². The first kappa shape index (κ1) is 20.9. The number of hydrogen-bond acceptors (Lipinski definition) is 4. The van der Waals surface area contributed by atoms with Gasteiger partial charge in [0.1, 0.15) is 12.2 Å². The van der Waals surface area contributed by atoms with Crippen molar-refractivity contribution in [3.63, 3.8) is 0 Å². The molecule has 2 aromatic rings. The van der Waals surface area contributed by atoms with Gasteiger partial charge < -0.3 is 9.80 Å². The number of nitrogens with zero attached hydrogens (tertiary/aromatic N) is 4. The van der Waals surface area contributed by atoms with Crippen molar-refractivity contribution < 1.29 is 27.6 Å². The lowest BCUT2D eigenvalue weighted by Crippen LogP contribution is -2.56. The molecule has 0 N–H and O–H groups in total. The monoisotopic (exact) mass is 480 g/mol. The average Bonchev–Trinajstić information content (AvgIpc) is 3.68. The predicted molar refractivity (Wildman–Crippen MR) is 110 cm³/mol. The van der Waals surface area contributed by atoms with E-state index >= 15 is 0 Å². The van der Waals surface area contributed by atoms with Crippen LogP contribution in [0.15, 0.2) is 12.1 Å². The van der Waals surface area contributed by atoms with E-state index in [0.29, 0.717) is 22.4 Å². The van der Waals surface area contributed by atoms with Crippen molar-refractivity contribution in [1.29, 1.82) is 0 Å². The summed E-state index contributed by atoms with van der Waals surface area (Å²) in [6, 6.07) is 2.19. The third-order valence-electron chi connectivity index (χ3n) is 7.30. The minimum Gasteiger partial charge on any atom is -0.329 e. The maximum Gasteiger partial charge on any atom is 0.433 e. The molecule has 6 rings (SSSR count). The van der Waals surface area contributed by atoms with Gasteiger partial charge in [0.05, 0.1) is 16.6 Å².